The van der Waals surface area contributed by atoms with E-state index >= 15 is 0 Å². The van der Waals surface area contributed by atoms with Crippen LogP contribution in [0.3, 0.4) is 0 Å². The van der Waals surface area contributed by atoms with Gasteiger partial charge in [-0.15, -0.1) is 0 Å². The zero-order valence-electron chi connectivity index (χ0n) is 15.6. The van der Waals surface area contributed by atoms with Gasteiger partial charge in [0.15, 0.2) is 5.11 Å². The van der Waals surface area contributed by atoms with Crippen LogP contribution in [0, 0.1) is 0 Å². The van der Waals surface area contributed by atoms with E-state index in [1.165, 1.54) is 23.1 Å². The fourth-order valence-electron chi connectivity index (χ4n) is 2.71. The Labute approximate surface area is 174 Å². The topological polar surface area (TPSA) is 50.8 Å². The smallest absolute Gasteiger partial charge is 0.461 e. The Hall–Kier alpha value is -3.14. The molecule has 5 nitrogen and oxygen atoms in total. The van der Waals surface area contributed by atoms with E-state index in [0.717, 1.165) is 12.1 Å². The third-order valence-corrected chi connectivity index (χ3v) is 4.25. The Morgan fingerprint density at radius 2 is 1.93 bits per heavy atom. The number of carbonyl (C=O) groups excluding carboxylic acids is 1. The number of anilines is 1. The third kappa shape index (κ3) is 4.54. The van der Waals surface area contributed by atoms with Crippen molar-refractivity contribution in [2.24, 2.45) is 0 Å². The molecule has 0 bridgehead atoms. The van der Waals surface area contributed by atoms with Crippen LogP contribution in [0.4, 0.5) is 23.2 Å². The molecule has 1 aliphatic rings. The van der Waals surface area contributed by atoms with Crippen LogP contribution in [-0.4, -0.2) is 30.2 Å². The van der Waals surface area contributed by atoms with E-state index in [0.29, 0.717) is 18.0 Å². The summed E-state index contributed by atoms with van der Waals surface area (Å²) < 4.78 is 60.6. The van der Waals surface area contributed by atoms with Crippen LogP contribution >= 0.6 is 12.2 Å². The van der Waals surface area contributed by atoms with Crippen LogP contribution in [0.5, 0.6) is 11.5 Å². The van der Waals surface area contributed by atoms with Crippen molar-refractivity contribution in [3.8, 4) is 11.5 Å². The molecule has 0 unspecified atom stereocenters. The van der Waals surface area contributed by atoms with E-state index in [9.17, 15) is 22.4 Å². The summed E-state index contributed by atoms with van der Waals surface area (Å²) in [4.78, 5) is 14.1. The molecule has 0 aliphatic carbocycles. The monoisotopic (exact) mass is 440 g/mol. The quantitative estimate of drug-likeness (QED) is 0.388. The second-order valence-corrected chi connectivity index (χ2v) is 6.45. The van der Waals surface area contributed by atoms with Crippen LogP contribution in [-0.2, 0) is 4.79 Å². The largest absolute Gasteiger partial charge is 0.492 e. The standard InChI is InChI=1S/C20H16F4N2O3S/c1-2-28-16-9-4-3-8-15(16)26-17(27)14(25-19(26)30)11-12-6-5-7-13(10-12)29-20(23,24)18(21)22/h3-11,18H,2H2,1H3,(H,25,30)/b14-11+. The van der Waals surface area contributed by atoms with Gasteiger partial charge in [-0.25, -0.2) is 4.90 Å². The molecule has 2 aromatic rings. The minimum atomic E-state index is -4.63. The Balaban J connectivity index is 1.87. The fourth-order valence-corrected chi connectivity index (χ4v) is 3.00. The summed E-state index contributed by atoms with van der Waals surface area (Å²) in [5.74, 6) is -0.499. The molecule has 1 aliphatic heterocycles. The molecular formula is C20H16F4N2O3S. The number of halogens is 4. The molecule has 158 valence electrons. The highest BCUT2D eigenvalue weighted by molar-refractivity contribution is 7.80. The van der Waals surface area contributed by atoms with Gasteiger partial charge in [-0.05, 0) is 55.0 Å². The first-order valence-electron chi connectivity index (χ1n) is 8.77. The van der Waals surface area contributed by atoms with Crippen molar-refractivity contribution < 1.29 is 31.8 Å². The summed E-state index contributed by atoms with van der Waals surface area (Å²) in [5.41, 5.74) is 0.791. The molecule has 0 aromatic heterocycles. The SMILES string of the molecule is CCOc1ccccc1N1C(=O)/C(=C\c2cccc(OC(F)(F)C(F)F)c2)NC1=S. The van der Waals surface area contributed by atoms with Gasteiger partial charge >= 0.3 is 12.5 Å². The van der Waals surface area contributed by atoms with Crippen LogP contribution < -0.4 is 19.7 Å². The Morgan fingerprint density at radius 3 is 2.63 bits per heavy atom. The summed E-state index contributed by atoms with van der Waals surface area (Å²) in [6, 6.07) is 11.9. The van der Waals surface area contributed by atoms with Gasteiger partial charge in [0.2, 0.25) is 0 Å². The zero-order chi connectivity index (χ0) is 21.9. The van der Waals surface area contributed by atoms with Gasteiger partial charge in [0.1, 0.15) is 17.2 Å². The molecule has 2 aromatic carbocycles. The van der Waals surface area contributed by atoms with Gasteiger partial charge in [0.25, 0.3) is 5.91 Å². The first-order chi connectivity index (χ1) is 14.2. The van der Waals surface area contributed by atoms with E-state index in [-0.39, 0.29) is 16.4 Å². The van der Waals surface area contributed by atoms with E-state index < -0.39 is 24.2 Å². The number of alkyl halides is 4. The van der Waals surface area contributed by atoms with Crippen molar-refractivity contribution in [3.05, 3.63) is 59.8 Å². The number of carbonyl (C=O) groups is 1. The fraction of sp³-hybridized carbons (Fsp3) is 0.200. The first kappa shape index (κ1) is 21.6. The number of para-hydroxylation sites is 2. The first-order valence-corrected chi connectivity index (χ1v) is 9.17. The number of rotatable bonds is 7. The maximum absolute atomic E-state index is 13.1. The molecule has 0 saturated carbocycles. The number of thiocarbonyl (C=S) groups is 1. The predicted molar refractivity (Wildman–Crippen MR) is 107 cm³/mol. The van der Waals surface area contributed by atoms with Crippen molar-refractivity contribution in [1.29, 1.82) is 0 Å². The number of ether oxygens (including phenoxy) is 2. The second-order valence-electron chi connectivity index (χ2n) is 6.07. The number of nitrogens with one attached hydrogen (secondary N) is 1. The van der Waals surface area contributed by atoms with Crippen molar-refractivity contribution in [2.45, 2.75) is 19.5 Å². The van der Waals surface area contributed by atoms with Crippen molar-refractivity contribution in [1.82, 2.24) is 5.32 Å². The molecule has 0 atom stereocenters. The molecule has 1 N–H and O–H groups in total. The van der Waals surface area contributed by atoms with Gasteiger partial charge in [0, 0.05) is 0 Å². The molecule has 0 spiro atoms. The minimum absolute atomic E-state index is 0.0732. The van der Waals surface area contributed by atoms with Crippen LogP contribution in [0.2, 0.25) is 0 Å². The van der Waals surface area contributed by atoms with Crippen molar-refractivity contribution >= 4 is 35.0 Å². The lowest BCUT2D eigenvalue weighted by Gasteiger charge is -2.18. The average molecular weight is 440 g/mol. The molecular weight excluding hydrogens is 424 g/mol. The van der Waals surface area contributed by atoms with E-state index in [4.69, 9.17) is 17.0 Å². The number of nitrogens with zero attached hydrogens (tertiary/aromatic N) is 1. The molecule has 1 heterocycles. The van der Waals surface area contributed by atoms with E-state index in [1.54, 1.807) is 31.2 Å². The Kier molecular flexibility index (Phi) is 6.25. The van der Waals surface area contributed by atoms with E-state index in [1.807, 2.05) is 0 Å². The van der Waals surface area contributed by atoms with Gasteiger partial charge < -0.3 is 14.8 Å². The summed E-state index contributed by atoms with van der Waals surface area (Å²) in [6.07, 6.45) is -7.26. The molecule has 0 radical (unpaired) electrons. The van der Waals surface area contributed by atoms with Gasteiger partial charge in [-0.3, -0.25) is 4.79 Å². The molecule has 1 saturated heterocycles. The molecule has 1 fully saturated rings. The number of amides is 1. The summed E-state index contributed by atoms with van der Waals surface area (Å²) in [7, 11) is 0. The summed E-state index contributed by atoms with van der Waals surface area (Å²) >= 11 is 5.25. The number of hydrogen-bond donors (Lipinski definition) is 1. The van der Waals surface area contributed by atoms with Gasteiger partial charge in [-0.2, -0.15) is 17.6 Å². The minimum Gasteiger partial charge on any atom is -0.492 e. The predicted octanol–water partition coefficient (Wildman–Crippen LogP) is 4.58. The Morgan fingerprint density at radius 1 is 1.20 bits per heavy atom. The van der Waals surface area contributed by atoms with Crippen LogP contribution in [0.1, 0.15) is 12.5 Å². The van der Waals surface area contributed by atoms with Crippen LogP contribution in [0.15, 0.2) is 54.2 Å². The molecule has 30 heavy (non-hydrogen) atoms. The van der Waals surface area contributed by atoms with E-state index in [2.05, 4.69) is 10.1 Å². The highest BCUT2D eigenvalue weighted by atomic mass is 32.1. The lowest BCUT2D eigenvalue weighted by atomic mass is 10.1. The van der Waals surface area contributed by atoms with Crippen molar-refractivity contribution in [2.75, 3.05) is 11.5 Å². The molecule has 10 heteroatoms. The normalized spacial score (nSPS) is 15.7. The maximum Gasteiger partial charge on any atom is 0.461 e. The summed E-state index contributed by atoms with van der Waals surface area (Å²) in [5, 5.41) is 2.87. The van der Waals surface area contributed by atoms with Gasteiger partial charge in [-0.1, -0.05) is 24.3 Å². The van der Waals surface area contributed by atoms with Gasteiger partial charge in [0.05, 0.1) is 12.3 Å². The van der Waals surface area contributed by atoms with Crippen molar-refractivity contribution in [3.63, 3.8) is 0 Å². The van der Waals surface area contributed by atoms with Crippen LogP contribution in [0.25, 0.3) is 6.08 Å². The maximum atomic E-state index is 13.1. The summed E-state index contributed by atoms with van der Waals surface area (Å²) in [6.45, 7) is 2.19. The Bertz CT molecular complexity index is 998. The number of hydrogen-bond acceptors (Lipinski definition) is 4. The number of benzene rings is 2. The average Bonchev–Trinajstić information content (AvgIpc) is 2.95. The molecule has 1 amide bonds. The molecule has 3 rings (SSSR count). The third-order valence-electron chi connectivity index (χ3n) is 3.96. The lowest BCUT2D eigenvalue weighted by molar-refractivity contribution is -0.253. The second kappa shape index (κ2) is 8.70. The zero-order valence-corrected chi connectivity index (χ0v) is 16.4. The lowest BCUT2D eigenvalue weighted by Crippen LogP contribution is -2.33. The highest BCUT2D eigenvalue weighted by Gasteiger charge is 2.44. The highest BCUT2D eigenvalue weighted by Crippen LogP contribution is 2.32.